The number of aliphatic imine (C=N–C) groups is 1. The second-order valence-corrected chi connectivity index (χ2v) is 4.86. The second kappa shape index (κ2) is 6.44. The quantitative estimate of drug-likeness (QED) is 0.597. The van der Waals surface area contributed by atoms with E-state index in [0.29, 0.717) is 17.1 Å². The molecule has 5 N–H and O–H groups in total. The molecule has 114 valence electrons. The molecule has 0 saturated carbocycles. The van der Waals surface area contributed by atoms with Crippen LogP contribution in [0.4, 0.5) is 10.2 Å². The van der Waals surface area contributed by atoms with Gasteiger partial charge in [-0.2, -0.15) is 0 Å². The van der Waals surface area contributed by atoms with Gasteiger partial charge < -0.3 is 16.8 Å². The third-order valence-corrected chi connectivity index (χ3v) is 3.22. The van der Waals surface area contributed by atoms with Crippen LogP contribution in [0.15, 0.2) is 47.7 Å². The minimum atomic E-state index is -0.470. The summed E-state index contributed by atoms with van der Waals surface area (Å²) in [6.07, 6.45) is 0. The standard InChI is InChI=1S/C15H15ClFN5/c1-8(18)21-15-9(14(19)20-2)6-7-12(22-15)13-10(16)4-3-5-11(13)17/h3-7H,1,18H2,2H3,(H2,19,20)(H,21,22). The van der Waals surface area contributed by atoms with Crippen LogP contribution in [-0.2, 0) is 0 Å². The zero-order chi connectivity index (χ0) is 16.3. The average Bonchev–Trinajstić information content (AvgIpc) is 2.46. The van der Waals surface area contributed by atoms with Crippen molar-refractivity contribution in [2.24, 2.45) is 16.5 Å². The van der Waals surface area contributed by atoms with Gasteiger partial charge in [0.15, 0.2) is 0 Å². The molecule has 1 aromatic carbocycles. The molecule has 1 aromatic heterocycles. The number of anilines is 1. The normalized spacial score (nSPS) is 11.3. The Balaban J connectivity index is 2.63. The number of hydrogen-bond acceptors (Lipinski definition) is 4. The lowest BCUT2D eigenvalue weighted by molar-refractivity contribution is 0.631. The van der Waals surface area contributed by atoms with E-state index in [-0.39, 0.29) is 22.2 Å². The Labute approximate surface area is 132 Å². The van der Waals surface area contributed by atoms with Gasteiger partial charge >= 0.3 is 0 Å². The molecule has 22 heavy (non-hydrogen) atoms. The first-order chi connectivity index (χ1) is 10.4. The van der Waals surface area contributed by atoms with E-state index in [9.17, 15) is 4.39 Å². The summed E-state index contributed by atoms with van der Waals surface area (Å²) < 4.78 is 14.0. The van der Waals surface area contributed by atoms with Crippen molar-refractivity contribution in [3.8, 4) is 11.3 Å². The molecule has 2 rings (SSSR count). The average molecular weight is 320 g/mol. The maximum absolute atomic E-state index is 14.0. The molecule has 0 fully saturated rings. The maximum atomic E-state index is 14.0. The molecule has 0 unspecified atom stereocenters. The fourth-order valence-corrected chi connectivity index (χ4v) is 2.18. The van der Waals surface area contributed by atoms with Gasteiger partial charge in [-0.1, -0.05) is 24.2 Å². The van der Waals surface area contributed by atoms with Gasteiger partial charge in [0.05, 0.1) is 27.7 Å². The summed E-state index contributed by atoms with van der Waals surface area (Å²) in [6.45, 7) is 3.56. The van der Waals surface area contributed by atoms with Crippen LogP contribution >= 0.6 is 11.6 Å². The number of rotatable bonds is 4. The Kier molecular flexibility index (Phi) is 4.62. The van der Waals surface area contributed by atoms with Crippen LogP contribution in [0, 0.1) is 5.82 Å². The minimum Gasteiger partial charge on any atom is -0.386 e. The molecule has 1 heterocycles. The van der Waals surface area contributed by atoms with Crippen molar-refractivity contribution >= 4 is 23.3 Å². The first kappa shape index (κ1) is 15.8. The number of benzene rings is 1. The molecule has 0 bridgehead atoms. The van der Waals surface area contributed by atoms with E-state index in [1.807, 2.05) is 0 Å². The highest BCUT2D eigenvalue weighted by Gasteiger charge is 2.15. The van der Waals surface area contributed by atoms with Crippen molar-refractivity contribution in [1.29, 1.82) is 0 Å². The van der Waals surface area contributed by atoms with Gasteiger partial charge in [-0.3, -0.25) is 4.99 Å². The lowest BCUT2D eigenvalue weighted by atomic mass is 10.1. The van der Waals surface area contributed by atoms with E-state index >= 15 is 0 Å². The summed E-state index contributed by atoms with van der Waals surface area (Å²) in [5.74, 6) is 0.298. The van der Waals surface area contributed by atoms with Gasteiger partial charge in [0.25, 0.3) is 0 Å². The van der Waals surface area contributed by atoms with Gasteiger partial charge in [0, 0.05) is 7.05 Å². The zero-order valence-electron chi connectivity index (χ0n) is 11.9. The molecular formula is C15H15ClFN5. The first-order valence-corrected chi connectivity index (χ1v) is 6.71. The Morgan fingerprint density at radius 1 is 1.32 bits per heavy atom. The Hall–Kier alpha value is -2.60. The van der Waals surface area contributed by atoms with Crippen molar-refractivity contribution in [3.63, 3.8) is 0 Å². The van der Waals surface area contributed by atoms with Crippen molar-refractivity contribution in [1.82, 2.24) is 4.98 Å². The van der Waals surface area contributed by atoms with Gasteiger partial charge in [-0.15, -0.1) is 0 Å². The molecule has 0 aliphatic heterocycles. The van der Waals surface area contributed by atoms with Gasteiger partial charge in [0.1, 0.15) is 17.5 Å². The molecule has 0 spiro atoms. The lowest BCUT2D eigenvalue weighted by Gasteiger charge is -2.13. The van der Waals surface area contributed by atoms with Crippen LogP contribution in [0.5, 0.6) is 0 Å². The van der Waals surface area contributed by atoms with Crippen LogP contribution in [0.25, 0.3) is 11.3 Å². The molecule has 0 radical (unpaired) electrons. The van der Waals surface area contributed by atoms with E-state index in [2.05, 4.69) is 21.9 Å². The molecule has 0 aliphatic carbocycles. The first-order valence-electron chi connectivity index (χ1n) is 6.33. The number of hydrogen-bond donors (Lipinski definition) is 3. The zero-order valence-corrected chi connectivity index (χ0v) is 12.7. The topological polar surface area (TPSA) is 89.3 Å². The predicted molar refractivity (Wildman–Crippen MR) is 88.2 cm³/mol. The molecule has 0 aliphatic rings. The largest absolute Gasteiger partial charge is 0.386 e. The van der Waals surface area contributed by atoms with Crippen molar-refractivity contribution in [3.05, 3.63) is 59.1 Å². The van der Waals surface area contributed by atoms with Gasteiger partial charge in [-0.25, -0.2) is 9.37 Å². The van der Waals surface area contributed by atoms with Crippen LogP contribution in [0.3, 0.4) is 0 Å². The van der Waals surface area contributed by atoms with Crippen molar-refractivity contribution < 1.29 is 4.39 Å². The SMILES string of the molecule is C=C(N)Nc1nc(-c2c(F)cccc2Cl)ccc1C(N)=NC. The van der Waals surface area contributed by atoms with E-state index in [1.165, 1.54) is 12.1 Å². The Morgan fingerprint density at radius 2 is 2.05 bits per heavy atom. The number of aromatic nitrogens is 1. The van der Waals surface area contributed by atoms with E-state index < -0.39 is 5.82 Å². The van der Waals surface area contributed by atoms with E-state index in [0.717, 1.165) is 0 Å². The molecule has 0 atom stereocenters. The summed E-state index contributed by atoms with van der Waals surface area (Å²) in [6, 6.07) is 7.71. The predicted octanol–water partition coefficient (Wildman–Crippen LogP) is 2.72. The third-order valence-electron chi connectivity index (χ3n) is 2.91. The van der Waals surface area contributed by atoms with Crippen LogP contribution in [-0.4, -0.2) is 17.9 Å². The molecular weight excluding hydrogens is 305 g/mol. The fourth-order valence-electron chi connectivity index (χ4n) is 1.92. The number of nitrogens with zero attached hydrogens (tertiary/aromatic N) is 2. The Morgan fingerprint density at radius 3 is 2.64 bits per heavy atom. The molecule has 5 nitrogen and oxygen atoms in total. The smallest absolute Gasteiger partial charge is 0.143 e. The number of pyridine rings is 1. The third kappa shape index (κ3) is 3.17. The Bertz CT molecular complexity index is 737. The molecule has 7 heteroatoms. The summed E-state index contributed by atoms with van der Waals surface area (Å²) in [5, 5.41) is 3.04. The molecule has 0 amide bonds. The van der Waals surface area contributed by atoms with Crippen LogP contribution in [0.2, 0.25) is 5.02 Å². The minimum absolute atomic E-state index is 0.175. The summed E-state index contributed by atoms with van der Waals surface area (Å²) >= 11 is 6.06. The van der Waals surface area contributed by atoms with E-state index in [1.54, 1.807) is 25.2 Å². The molecule has 0 saturated heterocycles. The highest BCUT2D eigenvalue weighted by molar-refractivity contribution is 6.33. The van der Waals surface area contributed by atoms with E-state index in [4.69, 9.17) is 23.1 Å². The van der Waals surface area contributed by atoms with Gasteiger partial charge in [-0.05, 0) is 24.3 Å². The number of nitrogens with two attached hydrogens (primary N) is 2. The summed E-state index contributed by atoms with van der Waals surface area (Å²) in [4.78, 5) is 8.24. The van der Waals surface area contributed by atoms with Crippen molar-refractivity contribution in [2.45, 2.75) is 0 Å². The number of halogens is 2. The fraction of sp³-hybridized carbons (Fsp3) is 0.0667. The number of nitrogens with one attached hydrogen (secondary N) is 1. The van der Waals surface area contributed by atoms with Gasteiger partial charge in [0.2, 0.25) is 0 Å². The van der Waals surface area contributed by atoms with Crippen molar-refractivity contribution in [2.75, 3.05) is 12.4 Å². The summed E-state index contributed by atoms with van der Waals surface area (Å²) in [5.41, 5.74) is 12.5. The number of amidine groups is 1. The van der Waals surface area contributed by atoms with Crippen LogP contribution < -0.4 is 16.8 Å². The highest BCUT2D eigenvalue weighted by atomic mass is 35.5. The monoisotopic (exact) mass is 319 g/mol. The molecule has 2 aromatic rings. The highest BCUT2D eigenvalue weighted by Crippen LogP contribution is 2.30. The second-order valence-electron chi connectivity index (χ2n) is 4.45. The van der Waals surface area contributed by atoms with Crippen LogP contribution in [0.1, 0.15) is 5.56 Å². The summed E-state index contributed by atoms with van der Waals surface area (Å²) in [7, 11) is 1.55. The lowest BCUT2D eigenvalue weighted by Crippen LogP contribution is -2.18. The maximum Gasteiger partial charge on any atom is 0.143 e.